The van der Waals surface area contributed by atoms with Gasteiger partial charge in [0.2, 0.25) is 0 Å². The van der Waals surface area contributed by atoms with Crippen molar-refractivity contribution in [1.29, 1.82) is 0 Å². The minimum absolute atomic E-state index is 0.322. The van der Waals surface area contributed by atoms with Crippen molar-refractivity contribution in [2.45, 2.75) is 12.5 Å². The van der Waals surface area contributed by atoms with Crippen LogP contribution in [-0.2, 0) is 0 Å². The molecule has 0 fully saturated rings. The lowest BCUT2D eigenvalue weighted by Gasteiger charge is -2.15. The van der Waals surface area contributed by atoms with Crippen LogP contribution in [0.5, 0.6) is 0 Å². The predicted molar refractivity (Wildman–Crippen MR) is 56.5 cm³/mol. The average molecular weight is 214 g/mol. The summed E-state index contributed by atoms with van der Waals surface area (Å²) in [5.41, 5.74) is 6.33. The number of nitrogens with zero attached hydrogens (tertiary/aromatic N) is 1. The van der Waals surface area contributed by atoms with Gasteiger partial charge in [-0.2, -0.15) is 0 Å². The van der Waals surface area contributed by atoms with E-state index in [0.717, 1.165) is 12.6 Å². The van der Waals surface area contributed by atoms with E-state index in [1.807, 2.05) is 19.0 Å². The van der Waals surface area contributed by atoms with Crippen LogP contribution in [0.3, 0.4) is 0 Å². The largest absolute Gasteiger partial charge is 0.324 e. The van der Waals surface area contributed by atoms with Gasteiger partial charge in [-0.25, -0.2) is 8.78 Å². The Labute approximate surface area is 88.7 Å². The first-order chi connectivity index (χ1) is 6.99. The monoisotopic (exact) mass is 214 g/mol. The van der Waals surface area contributed by atoms with E-state index in [-0.39, 0.29) is 6.04 Å². The molecule has 0 radical (unpaired) electrons. The highest BCUT2D eigenvalue weighted by Gasteiger charge is 2.09. The van der Waals surface area contributed by atoms with Crippen LogP contribution in [0.25, 0.3) is 0 Å². The Morgan fingerprint density at radius 1 is 1.20 bits per heavy atom. The number of benzene rings is 1. The minimum Gasteiger partial charge on any atom is -0.324 e. The Bertz CT molecular complexity index is 306. The standard InChI is InChI=1S/C11H16F2N2/c1-15(2)4-3-11(14)8-5-9(12)7-10(13)6-8/h5-7,11H,3-4,14H2,1-2H3. The third-order valence-corrected chi connectivity index (χ3v) is 2.20. The van der Waals surface area contributed by atoms with E-state index in [4.69, 9.17) is 5.73 Å². The summed E-state index contributed by atoms with van der Waals surface area (Å²) in [7, 11) is 3.86. The molecule has 0 spiro atoms. The number of rotatable bonds is 4. The second kappa shape index (κ2) is 5.19. The van der Waals surface area contributed by atoms with Gasteiger partial charge in [0, 0.05) is 12.1 Å². The molecule has 1 aromatic rings. The molecule has 0 bridgehead atoms. The first-order valence-electron chi connectivity index (χ1n) is 4.85. The highest BCUT2D eigenvalue weighted by molar-refractivity contribution is 5.21. The third-order valence-electron chi connectivity index (χ3n) is 2.20. The van der Waals surface area contributed by atoms with Gasteiger partial charge in [0.25, 0.3) is 0 Å². The fourth-order valence-electron chi connectivity index (χ4n) is 1.35. The summed E-state index contributed by atoms with van der Waals surface area (Å²) in [6, 6.07) is 3.09. The average Bonchev–Trinajstić information content (AvgIpc) is 2.12. The van der Waals surface area contributed by atoms with Gasteiger partial charge in [0.1, 0.15) is 11.6 Å². The summed E-state index contributed by atoms with van der Waals surface area (Å²) >= 11 is 0. The summed E-state index contributed by atoms with van der Waals surface area (Å²) in [6.07, 6.45) is 0.676. The normalized spacial score (nSPS) is 13.2. The topological polar surface area (TPSA) is 29.3 Å². The van der Waals surface area contributed by atoms with Crippen LogP contribution in [0, 0.1) is 11.6 Å². The van der Waals surface area contributed by atoms with Gasteiger partial charge < -0.3 is 10.6 Å². The fourth-order valence-corrected chi connectivity index (χ4v) is 1.35. The number of hydrogen-bond donors (Lipinski definition) is 1. The van der Waals surface area contributed by atoms with E-state index in [9.17, 15) is 8.78 Å². The number of nitrogens with two attached hydrogens (primary N) is 1. The molecule has 2 N–H and O–H groups in total. The second-order valence-electron chi connectivity index (χ2n) is 3.90. The molecule has 0 aromatic heterocycles. The summed E-state index contributed by atoms with van der Waals surface area (Å²) < 4.78 is 25.8. The molecule has 15 heavy (non-hydrogen) atoms. The van der Waals surface area contributed by atoms with Crippen LogP contribution in [0.1, 0.15) is 18.0 Å². The Kier molecular flexibility index (Phi) is 4.17. The van der Waals surface area contributed by atoms with Crippen molar-refractivity contribution >= 4 is 0 Å². The molecule has 0 saturated carbocycles. The minimum atomic E-state index is -0.578. The van der Waals surface area contributed by atoms with Crippen molar-refractivity contribution < 1.29 is 8.78 Å². The van der Waals surface area contributed by atoms with Crippen LogP contribution in [0.15, 0.2) is 18.2 Å². The zero-order valence-electron chi connectivity index (χ0n) is 9.00. The molecule has 1 unspecified atom stereocenters. The molecule has 0 aliphatic rings. The van der Waals surface area contributed by atoms with E-state index in [2.05, 4.69) is 0 Å². The molecule has 0 amide bonds. The molecule has 0 saturated heterocycles. The second-order valence-corrected chi connectivity index (χ2v) is 3.90. The maximum absolute atomic E-state index is 12.9. The molecule has 2 nitrogen and oxygen atoms in total. The van der Waals surface area contributed by atoms with Crippen molar-refractivity contribution in [1.82, 2.24) is 4.90 Å². The molecule has 0 heterocycles. The molecular weight excluding hydrogens is 198 g/mol. The van der Waals surface area contributed by atoms with Crippen molar-refractivity contribution in [3.63, 3.8) is 0 Å². The first-order valence-corrected chi connectivity index (χ1v) is 4.85. The van der Waals surface area contributed by atoms with Gasteiger partial charge in [0.05, 0.1) is 0 Å². The molecule has 4 heteroatoms. The molecule has 1 atom stereocenters. The maximum Gasteiger partial charge on any atom is 0.126 e. The Morgan fingerprint density at radius 3 is 2.20 bits per heavy atom. The quantitative estimate of drug-likeness (QED) is 0.829. The first kappa shape index (κ1) is 12.1. The van der Waals surface area contributed by atoms with Crippen molar-refractivity contribution in [3.05, 3.63) is 35.4 Å². The van der Waals surface area contributed by atoms with Crippen LogP contribution in [0.4, 0.5) is 8.78 Å². The van der Waals surface area contributed by atoms with Crippen molar-refractivity contribution in [3.8, 4) is 0 Å². The maximum atomic E-state index is 12.9. The Hall–Kier alpha value is -1.00. The molecule has 84 valence electrons. The highest BCUT2D eigenvalue weighted by atomic mass is 19.1. The summed E-state index contributed by atoms with van der Waals surface area (Å²) in [6.45, 7) is 0.791. The van der Waals surface area contributed by atoms with Crippen LogP contribution >= 0.6 is 0 Å². The smallest absolute Gasteiger partial charge is 0.126 e. The van der Waals surface area contributed by atoms with E-state index in [0.29, 0.717) is 12.0 Å². The number of halogens is 2. The van der Waals surface area contributed by atoms with Crippen molar-refractivity contribution in [2.24, 2.45) is 5.73 Å². The summed E-state index contributed by atoms with van der Waals surface area (Å²) in [5.74, 6) is -1.16. The van der Waals surface area contributed by atoms with Gasteiger partial charge in [-0.05, 0) is 44.8 Å². The van der Waals surface area contributed by atoms with E-state index < -0.39 is 11.6 Å². The Morgan fingerprint density at radius 2 is 1.73 bits per heavy atom. The predicted octanol–water partition coefficient (Wildman–Crippen LogP) is 1.92. The lowest BCUT2D eigenvalue weighted by Crippen LogP contribution is -2.20. The van der Waals surface area contributed by atoms with Crippen LogP contribution in [0.2, 0.25) is 0 Å². The highest BCUT2D eigenvalue weighted by Crippen LogP contribution is 2.17. The SMILES string of the molecule is CN(C)CCC(N)c1cc(F)cc(F)c1. The zero-order chi connectivity index (χ0) is 11.4. The van der Waals surface area contributed by atoms with Gasteiger partial charge in [-0.1, -0.05) is 0 Å². The third kappa shape index (κ3) is 3.93. The molecule has 0 aliphatic heterocycles. The van der Waals surface area contributed by atoms with E-state index >= 15 is 0 Å². The molecule has 0 aliphatic carbocycles. The summed E-state index contributed by atoms with van der Waals surface area (Å²) in [4.78, 5) is 1.98. The van der Waals surface area contributed by atoms with Gasteiger partial charge in [0.15, 0.2) is 0 Å². The lowest BCUT2D eigenvalue weighted by atomic mass is 10.0. The van der Waals surface area contributed by atoms with Gasteiger partial charge in [-0.15, -0.1) is 0 Å². The van der Waals surface area contributed by atoms with Gasteiger partial charge >= 0.3 is 0 Å². The lowest BCUT2D eigenvalue weighted by molar-refractivity contribution is 0.382. The van der Waals surface area contributed by atoms with E-state index in [1.165, 1.54) is 12.1 Å². The fraction of sp³-hybridized carbons (Fsp3) is 0.455. The molecule has 1 aromatic carbocycles. The molecule has 1 rings (SSSR count). The van der Waals surface area contributed by atoms with Crippen LogP contribution in [-0.4, -0.2) is 25.5 Å². The van der Waals surface area contributed by atoms with E-state index in [1.54, 1.807) is 0 Å². The van der Waals surface area contributed by atoms with Crippen LogP contribution < -0.4 is 5.73 Å². The van der Waals surface area contributed by atoms with Gasteiger partial charge in [-0.3, -0.25) is 0 Å². The summed E-state index contributed by atoms with van der Waals surface area (Å²) in [5, 5.41) is 0. The zero-order valence-corrected chi connectivity index (χ0v) is 9.00. The molecular formula is C11H16F2N2. The van der Waals surface area contributed by atoms with Crippen molar-refractivity contribution in [2.75, 3.05) is 20.6 Å². The Balaban J connectivity index is 2.68. The number of hydrogen-bond acceptors (Lipinski definition) is 2.